The molecule has 0 saturated heterocycles. The van der Waals surface area contributed by atoms with Gasteiger partial charge in [0.05, 0.1) is 20.6 Å². The highest BCUT2D eigenvalue weighted by Crippen LogP contribution is 2.03. The Balaban J connectivity index is 0. The Morgan fingerprint density at radius 3 is 1.88 bits per heavy atom. The van der Waals surface area contributed by atoms with E-state index in [1.807, 2.05) is 6.92 Å². The molecule has 0 aromatic rings. The van der Waals surface area contributed by atoms with Crippen molar-refractivity contribution in [2.75, 3.05) is 20.6 Å². The first-order chi connectivity index (χ1) is 7.83. The van der Waals surface area contributed by atoms with E-state index >= 15 is 0 Å². The largest absolute Gasteiger partial charge is 0.633 e. The van der Waals surface area contributed by atoms with Gasteiger partial charge in [-0.25, -0.2) is 0 Å². The quantitative estimate of drug-likeness (QED) is 0.406. The van der Waals surface area contributed by atoms with Gasteiger partial charge >= 0.3 is 0 Å². The van der Waals surface area contributed by atoms with Crippen molar-refractivity contribution in [2.45, 2.75) is 58.8 Å². The normalized spacial score (nSPS) is 10.6. The number of amides is 1. The molecule has 0 rings (SSSR count). The number of rotatable bonds is 8. The molecule has 4 nitrogen and oxygen atoms in total. The Bertz CT molecular complexity index is 177. The van der Waals surface area contributed by atoms with Crippen LogP contribution in [0.3, 0.4) is 0 Å². The number of hydrogen-bond acceptors (Lipinski definition) is 2. The smallest absolute Gasteiger partial charge is 0.217 e. The van der Waals surface area contributed by atoms with Crippen LogP contribution in [0.1, 0.15) is 58.8 Å². The summed E-state index contributed by atoms with van der Waals surface area (Å²) in [6.07, 6.45) is 7.41. The fourth-order valence-corrected chi connectivity index (χ4v) is 1.44. The van der Waals surface area contributed by atoms with E-state index in [4.69, 9.17) is 5.73 Å². The van der Waals surface area contributed by atoms with Crippen LogP contribution in [0, 0.1) is 5.21 Å². The number of nitrogens with zero attached hydrogens (tertiary/aromatic N) is 1. The molecule has 0 aliphatic rings. The van der Waals surface area contributed by atoms with Crippen LogP contribution >= 0.6 is 0 Å². The van der Waals surface area contributed by atoms with Crippen molar-refractivity contribution in [1.29, 1.82) is 0 Å². The Labute approximate surface area is 106 Å². The second-order valence-electron chi connectivity index (χ2n) is 4.93. The van der Waals surface area contributed by atoms with E-state index in [1.54, 1.807) is 14.1 Å². The molecule has 0 aliphatic carbocycles. The number of unbranched alkanes of at least 4 members (excludes halogenated alkanes) is 4. The molecule has 0 spiro atoms. The number of primary amides is 1. The van der Waals surface area contributed by atoms with Gasteiger partial charge in [-0.05, 0) is 12.8 Å². The standard InChI is InChI=1S/C8H17NO.C5H13NO/c1-2-3-4-5-6-7-8(9)10;1-4-5-6(2,3)7/h2-7H2,1H3,(H2,9,10);4-5H2,1-3H3. The first-order valence-corrected chi connectivity index (χ1v) is 6.65. The summed E-state index contributed by atoms with van der Waals surface area (Å²) in [7, 11) is 3.31. The van der Waals surface area contributed by atoms with Crippen LogP contribution in [0.4, 0.5) is 0 Å². The van der Waals surface area contributed by atoms with E-state index < -0.39 is 0 Å². The van der Waals surface area contributed by atoms with E-state index in [2.05, 4.69) is 6.92 Å². The zero-order valence-electron chi connectivity index (χ0n) is 12.0. The van der Waals surface area contributed by atoms with Crippen molar-refractivity contribution >= 4 is 5.91 Å². The van der Waals surface area contributed by atoms with E-state index in [0.29, 0.717) is 6.42 Å². The van der Waals surface area contributed by atoms with Crippen molar-refractivity contribution in [3.05, 3.63) is 5.21 Å². The van der Waals surface area contributed by atoms with Gasteiger partial charge in [0.2, 0.25) is 5.91 Å². The van der Waals surface area contributed by atoms with Crippen LogP contribution in [0.15, 0.2) is 0 Å². The zero-order chi connectivity index (χ0) is 13.7. The maximum absolute atomic E-state index is 10.6. The molecular formula is C13H30N2O2. The van der Waals surface area contributed by atoms with Crippen LogP contribution in [-0.2, 0) is 4.79 Å². The first-order valence-electron chi connectivity index (χ1n) is 6.65. The molecule has 0 aliphatic heterocycles. The lowest BCUT2D eigenvalue weighted by Crippen LogP contribution is -2.32. The topological polar surface area (TPSA) is 66.2 Å². The molecule has 17 heavy (non-hydrogen) atoms. The number of hydrogen-bond donors (Lipinski definition) is 1. The summed E-state index contributed by atoms with van der Waals surface area (Å²) in [6, 6.07) is 0. The highest BCUT2D eigenvalue weighted by Gasteiger charge is 1.95. The van der Waals surface area contributed by atoms with Gasteiger partial charge < -0.3 is 15.6 Å². The van der Waals surface area contributed by atoms with Gasteiger partial charge in [0.1, 0.15) is 0 Å². The van der Waals surface area contributed by atoms with Crippen LogP contribution in [0.25, 0.3) is 0 Å². The molecule has 0 radical (unpaired) electrons. The van der Waals surface area contributed by atoms with Gasteiger partial charge in [0.25, 0.3) is 0 Å². The Morgan fingerprint density at radius 2 is 1.59 bits per heavy atom. The van der Waals surface area contributed by atoms with E-state index in [9.17, 15) is 10.0 Å². The highest BCUT2D eigenvalue weighted by atomic mass is 16.5. The fraction of sp³-hybridized carbons (Fsp3) is 0.923. The first kappa shape index (κ1) is 18.7. The Hall–Kier alpha value is -0.610. The molecule has 0 unspecified atom stereocenters. The third-order valence-corrected chi connectivity index (χ3v) is 2.29. The lowest BCUT2D eigenvalue weighted by Gasteiger charge is -2.33. The summed E-state index contributed by atoms with van der Waals surface area (Å²) in [4.78, 5) is 10.3. The fourth-order valence-electron chi connectivity index (χ4n) is 1.44. The summed E-state index contributed by atoms with van der Waals surface area (Å²) in [5.41, 5.74) is 4.97. The molecule has 0 heterocycles. The summed E-state index contributed by atoms with van der Waals surface area (Å²) < 4.78 is -0.156. The van der Waals surface area contributed by atoms with Crippen LogP contribution < -0.4 is 5.73 Å². The number of carbonyl (C=O) groups excluding carboxylic acids is 1. The Morgan fingerprint density at radius 1 is 1.06 bits per heavy atom. The number of quaternary nitrogens is 1. The molecule has 0 aromatic heterocycles. The van der Waals surface area contributed by atoms with Crippen LogP contribution in [-0.4, -0.2) is 31.2 Å². The molecule has 0 bridgehead atoms. The van der Waals surface area contributed by atoms with Crippen LogP contribution in [0.2, 0.25) is 0 Å². The number of carbonyl (C=O) groups is 1. The van der Waals surface area contributed by atoms with E-state index in [1.165, 1.54) is 19.3 Å². The zero-order valence-corrected chi connectivity index (χ0v) is 12.0. The van der Waals surface area contributed by atoms with Gasteiger partial charge in [0.15, 0.2) is 0 Å². The minimum atomic E-state index is -0.170. The lowest BCUT2D eigenvalue weighted by molar-refractivity contribution is -0.839. The number of hydroxylamine groups is 3. The van der Waals surface area contributed by atoms with Crippen LogP contribution in [0.5, 0.6) is 0 Å². The molecule has 1 amide bonds. The molecule has 0 fully saturated rings. The third kappa shape index (κ3) is 25.6. The van der Waals surface area contributed by atoms with Crippen molar-refractivity contribution in [2.24, 2.45) is 5.73 Å². The van der Waals surface area contributed by atoms with E-state index in [0.717, 1.165) is 25.8 Å². The van der Waals surface area contributed by atoms with Gasteiger partial charge in [-0.2, -0.15) is 0 Å². The maximum atomic E-state index is 10.6. The molecule has 4 heteroatoms. The second-order valence-corrected chi connectivity index (χ2v) is 4.93. The Kier molecular flexibility index (Phi) is 13.1. The molecular weight excluding hydrogens is 216 g/mol. The average molecular weight is 246 g/mol. The highest BCUT2D eigenvalue weighted by molar-refractivity contribution is 5.73. The molecule has 104 valence electrons. The third-order valence-electron chi connectivity index (χ3n) is 2.29. The summed E-state index contributed by atoms with van der Waals surface area (Å²) in [6.45, 7) is 4.91. The van der Waals surface area contributed by atoms with E-state index in [-0.39, 0.29) is 10.6 Å². The van der Waals surface area contributed by atoms with Crippen molar-refractivity contribution in [3.8, 4) is 0 Å². The monoisotopic (exact) mass is 246 g/mol. The second kappa shape index (κ2) is 11.9. The SMILES string of the molecule is CCCCCCCC(N)=O.CCC[N+](C)(C)[O-]. The van der Waals surface area contributed by atoms with Gasteiger partial charge in [0, 0.05) is 6.42 Å². The lowest BCUT2D eigenvalue weighted by atomic mass is 10.1. The predicted molar refractivity (Wildman–Crippen MR) is 73.2 cm³/mol. The average Bonchev–Trinajstić information content (AvgIpc) is 2.16. The van der Waals surface area contributed by atoms with Gasteiger partial charge in [-0.1, -0.05) is 39.5 Å². The van der Waals surface area contributed by atoms with Crippen molar-refractivity contribution in [3.63, 3.8) is 0 Å². The molecule has 0 atom stereocenters. The molecule has 2 N–H and O–H groups in total. The summed E-state index contributed by atoms with van der Waals surface area (Å²) in [5.74, 6) is -0.170. The minimum Gasteiger partial charge on any atom is -0.633 e. The minimum absolute atomic E-state index is 0.156. The van der Waals surface area contributed by atoms with Gasteiger partial charge in [-0.15, -0.1) is 0 Å². The van der Waals surface area contributed by atoms with Gasteiger partial charge in [-0.3, -0.25) is 4.79 Å². The summed E-state index contributed by atoms with van der Waals surface area (Å²) >= 11 is 0. The number of nitrogens with two attached hydrogens (primary N) is 1. The predicted octanol–water partition coefficient (Wildman–Crippen LogP) is 2.80. The molecule has 0 saturated carbocycles. The maximum Gasteiger partial charge on any atom is 0.217 e. The summed E-state index contributed by atoms with van der Waals surface area (Å²) in [5, 5.41) is 10.6. The van der Waals surface area contributed by atoms with Crippen molar-refractivity contribution < 1.29 is 9.44 Å². The molecule has 0 aromatic carbocycles. The van der Waals surface area contributed by atoms with Crippen molar-refractivity contribution in [1.82, 2.24) is 0 Å².